The molecule has 1 heterocycles. The molecule has 1 aliphatic heterocycles. The molecule has 1 saturated heterocycles. The lowest BCUT2D eigenvalue weighted by Crippen LogP contribution is -2.60. The van der Waals surface area contributed by atoms with Crippen molar-refractivity contribution < 1.29 is 39.4 Å². The predicted octanol–water partition coefficient (Wildman–Crippen LogP) is -0.263. The van der Waals surface area contributed by atoms with Crippen LogP contribution in [0.25, 0.3) is 10.8 Å². The fourth-order valence-corrected chi connectivity index (χ4v) is 2.88. The van der Waals surface area contributed by atoms with E-state index in [-0.39, 0.29) is 0 Å². The van der Waals surface area contributed by atoms with Crippen LogP contribution in [0.4, 0.5) is 4.79 Å². The van der Waals surface area contributed by atoms with E-state index in [9.17, 15) is 25.2 Å². The summed E-state index contributed by atoms with van der Waals surface area (Å²) in [5.74, 6) is 0.616. The van der Waals surface area contributed by atoms with Crippen LogP contribution in [0.2, 0.25) is 0 Å². The Hall–Kier alpha value is -2.43. The molecule has 5 N–H and O–H groups in total. The van der Waals surface area contributed by atoms with Crippen LogP contribution in [0.3, 0.4) is 0 Å². The maximum absolute atomic E-state index is 11.5. The highest BCUT2D eigenvalue weighted by atomic mass is 16.7. The number of nitrogens with one attached hydrogen (secondary N) is 1. The predicted molar refractivity (Wildman–Crippen MR) is 93.4 cm³/mol. The van der Waals surface area contributed by atoms with Gasteiger partial charge in [0.25, 0.3) is 0 Å². The maximum Gasteiger partial charge on any atom is 0.412 e. The average molecular weight is 379 g/mol. The van der Waals surface area contributed by atoms with Crippen molar-refractivity contribution in [3.8, 4) is 11.5 Å². The third kappa shape index (κ3) is 3.82. The number of benzene rings is 2. The molecule has 146 valence electrons. The van der Waals surface area contributed by atoms with Gasteiger partial charge in [-0.15, -0.1) is 0 Å². The van der Waals surface area contributed by atoms with Gasteiger partial charge in [-0.3, -0.25) is 0 Å². The molecule has 3 rings (SSSR count). The number of hydrogen-bond donors (Lipinski definition) is 5. The van der Waals surface area contributed by atoms with Crippen LogP contribution in [-0.2, 0) is 4.74 Å². The zero-order valence-electron chi connectivity index (χ0n) is 14.5. The summed E-state index contributed by atoms with van der Waals surface area (Å²) >= 11 is 0. The molecule has 27 heavy (non-hydrogen) atoms. The van der Waals surface area contributed by atoms with Crippen molar-refractivity contribution in [3.05, 3.63) is 36.4 Å². The Morgan fingerprint density at radius 1 is 1.04 bits per heavy atom. The summed E-state index contributed by atoms with van der Waals surface area (Å²) in [6.45, 7) is -0.551. The Kier molecular flexibility index (Phi) is 5.78. The van der Waals surface area contributed by atoms with Crippen molar-refractivity contribution in [2.45, 2.75) is 30.7 Å². The van der Waals surface area contributed by atoms with Gasteiger partial charge in [0, 0.05) is 17.8 Å². The average Bonchev–Trinajstić information content (AvgIpc) is 2.68. The van der Waals surface area contributed by atoms with Crippen molar-refractivity contribution in [1.82, 2.24) is 5.32 Å². The van der Waals surface area contributed by atoms with Gasteiger partial charge in [-0.2, -0.15) is 0 Å². The highest BCUT2D eigenvalue weighted by Crippen LogP contribution is 2.34. The molecule has 9 nitrogen and oxygen atoms in total. The van der Waals surface area contributed by atoms with Crippen LogP contribution in [0.1, 0.15) is 0 Å². The lowest BCUT2D eigenvalue weighted by Gasteiger charge is -2.39. The van der Waals surface area contributed by atoms with Gasteiger partial charge in [-0.05, 0) is 12.1 Å². The number of aliphatic hydroxyl groups excluding tert-OH is 4. The SMILES string of the molecule is CNC(=O)Oc1cccc2c(OC3OC(CO)C(O)C(O)C3O)cccc12. The molecule has 5 unspecified atom stereocenters. The molecule has 0 saturated carbocycles. The Bertz CT molecular complexity index is 811. The van der Waals surface area contributed by atoms with Crippen LogP contribution >= 0.6 is 0 Å². The Labute approximate surface area is 154 Å². The first kappa shape index (κ1) is 19.3. The molecule has 1 aliphatic rings. The van der Waals surface area contributed by atoms with Gasteiger partial charge in [0.05, 0.1) is 6.61 Å². The second-order valence-electron chi connectivity index (χ2n) is 6.06. The van der Waals surface area contributed by atoms with Crippen molar-refractivity contribution in [2.75, 3.05) is 13.7 Å². The molecule has 1 amide bonds. The number of aliphatic hydroxyl groups is 4. The highest BCUT2D eigenvalue weighted by Gasteiger charge is 2.44. The van der Waals surface area contributed by atoms with Crippen LogP contribution in [0.5, 0.6) is 11.5 Å². The summed E-state index contributed by atoms with van der Waals surface area (Å²) in [5.41, 5.74) is 0. The standard InChI is InChI=1S/C18H21NO8/c1-19-18(24)27-12-7-3-4-9-10(12)5-2-6-11(9)25-17-16(23)15(22)14(21)13(8-20)26-17/h2-7,13-17,20-23H,8H2,1H3,(H,19,24). The minimum atomic E-state index is -1.54. The molecule has 0 aliphatic carbocycles. The number of fused-ring (bicyclic) bond motifs is 1. The third-order valence-electron chi connectivity index (χ3n) is 4.34. The van der Waals surface area contributed by atoms with Gasteiger partial charge in [0.2, 0.25) is 6.29 Å². The zero-order chi connectivity index (χ0) is 19.6. The first-order chi connectivity index (χ1) is 13.0. The van der Waals surface area contributed by atoms with Gasteiger partial charge in [0.15, 0.2) is 0 Å². The highest BCUT2D eigenvalue weighted by molar-refractivity contribution is 5.94. The van der Waals surface area contributed by atoms with Gasteiger partial charge in [-0.25, -0.2) is 4.79 Å². The topological polar surface area (TPSA) is 138 Å². The lowest BCUT2D eigenvalue weighted by molar-refractivity contribution is -0.277. The molecule has 9 heteroatoms. The second kappa shape index (κ2) is 8.07. The summed E-state index contributed by atoms with van der Waals surface area (Å²) in [6, 6.07) is 10.0. The van der Waals surface area contributed by atoms with Crippen LogP contribution in [0.15, 0.2) is 36.4 Å². The summed E-state index contributed by atoms with van der Waals surface area (Å²) in [7, 11) is 1.45. The number of rotatable bonds is 4. The quantitative estimate of drug-likeness (QED) is 0.490. The maximum atomic E-state index is 11.5. The largest absolute Gasteiger partial charge is 0.461 e. The van der Waals surface area contributed by atoms with E-state index >= 15 is 0 Å². The fourth-order valence-electron chi connectivity index (χ4n) is 2.88. The van der Waals surface area contributed by atoms with E-state index < -0.39 is 43.4 Å². The van der Waals surface area contributed by atoms with E-state index in [0.29, 0.717) is 22.3 Å². The number of amides is 1. The van der Waals surface area contributed by atoms with Gasteiger partial charge in [0.1, 0.15) is 35.9 Å². The van der Waals surface area contributed by atoms with Crippen LogP contribution in [-0.4, -0.2) is 70.9 Å². The van der Waals surface area contributed by atoms with Gasteiger partial charge < -0.3 is 40.0 Å². The molecule has 0 radical (unpaired) electrons. The molecule has 2 aromatic carbocycles. The van der Waals surface area contributed by atoms with E-state index in [1.165, 1.54) is 7.05 Å². The van der Waals surface area contributed by atoms with E-state index in [1.54, 1.807) is 36.4 Å². The smallest absolute Gasteiger partial charge is 0.412 e. The minimum absolute atomic E-state index is 0.305. The van der Waals surface area contributed by atoms with Crippen LogP contribution in [0, 0.1) is 0 Å². The number of carbonyl (C=O) groups excluding carboxylic acids is 1. The molecular weight excluding hydrogens is 358 g/mol. The van der Waals surface area contributed by atoms with E-state index in [1.807, 2.05) is 0 Å². The molecule has 0 bridgehead atoms. The van der Waals surface area contributed by atoms with Gasteiger partial charge >= 0.3 is 6.09 Å². The molecule has 5 atom stereocenters. The van der Waals surface area contributed by atoms with E-state index in [0.717, 1.165) is 0 Å². The molecule has 0 aromatic heterocycles. The Balaban J connectivity index is 1.91. The summed E-state index contributed by atoms with van der Waals surface area (Å²) in [4.78, 5) is 11.5. The molecule has 0 spiro atoms. The van der Waals surface area contributed by atoms with Crippen LogP contribution < -0.4 is 14.8 Å². The summed E-state index contributed by atoms with van der Waals surface area (Å²) in [6.07, 6.45) is -7.54. The van der Waals surface area contributed by atoms with E-state index in [2.05, 4.69) is 5.32 Å². The monoisotopic (exact) mass is 379 g/mol. The molecular formula is C18H21NO8. The Morgan fingerprint density at radius 2 is 1.67 bits per heavy atom. The zero-order valence-corrected chi connectivity index (χ0v) is 14.5. The second-order valence-corrected chi connectivity index (χ2v) is 6.06. The first-order valence-electron chi connectivity index (χ1n) is 8.34. The minimum Gasteiger partial charge on any atom is -0.461 e. The van der Waals surface area contributed by atoms with Crippen molar-refractivity contribution in [2.24, 2.45) is 0 Å². The molecule has 1 fully saturated rings. The normalized spacial score (nSPS) is 28.0. The molecule has 2 aromatic rings. The number of ether oxygens (including phenoxy) is 3. The number of hydrogen-bond acceptors (Lipinski definition) is 8. The van der Waals surface area contributed by atoms with Crippen molar-refractivity contribution in [3.63, 3.8) is 0 Å². The van der Waals surface area contributed by atoms with Gasteiger partial charge in [-0.1, -0.05) is 24.3 Å². The lowest BCUT2D eigenvalue weighted by atomic mass is 9.99. The van der Waals surface area contributed by atoms with Crippen molar-refractivity contribution >= 4 is 16.9 Å². The summed E-state index contributed by atoms with van der Waals surface area (Å²) < 4.78 is 16.3. The fraction of sp³-hybridized carbons (Fsp3) is 0.389. The number of carbonyl (C=O) groups is 1. The third-order valence-corrected chi connectivity index (χ3v) is 4.34. The van der Waals surface area contributed by atoms with E-state index in [4.69, 9.17) is 14.2 Å². The summed E-state index contributed by atoms with van der Waals surface area (Å²) in [5, 5.41) is 42.7. The first-order valence-corrected chi connectivity index (χ1v) is 8.34. The Morgan fingerprint density at radius 3 is 2.30 bits per heavy atom. The van der Waals surface area contributed by atoms with Crippen molar-refractivity contribution in [1.29, 1.82) is 0 Å².